The molecule has 0 radical (unpaired) electrons. The van der Waals surface area contributed by atoms with Gasteiger partial charge in [-0.15, -0.1) is 0 Å². The standard InChI is InChI=1S/C25H27N3O3/c1-16(2)14-25(3)23(30)28(24(31)26-25)15-20(29)21-18-12-8-9-13-19(18)27(4)22(21)17-10-6-5-7-11-17/h5-13,16H,14-15H2,1-4H3,(H,26,31). The van der Waals surface area contributed by atoms with Crippen molar-refractivity contribution in [2.24, 2.45) is 13.0 Å². The molecule has 6 nitrogen and oxygen atoms in total. The molecule has 3 amide bonds. The maximum absolute atomic E-state index is 13.6. The molecule has 2 aromatic carbocycles. The van der Waals surface area contributed by atoms with E-state index < -0.39 is 11.6 Å². The Kier molecular flexibility index (Phi) is 5.17. The predicted molar refractivity (Wildman–Crippen MR) is 121 cm³/mol. The molecule has 3 aromatic rings. The number of aromatic nitrogens is 1. The molecule has 1 atom stereocenters. The quantitative estimate of drug-likeness (QED) is 0.478. The van der Waals surface area contributed by atoms with Gasteiger partial charge in [-0.05, 0) is 30.9 Å². The average molecular weight is 418 g/mol. The lowest BCUT2D eigenvalue weighted by atomic mass is 9.91. The summed E-state index contributed by atoms with van der Waals surface area (Å²) in [5, 5.41) is 3.60. The van der Waals surface area contributed by atoms with E-state index >= 15 is 0 Å². The van der Waals surface area contributed by atoms with Crippen molar-refractivity contribution >= 4 is 28.6 Å². The third-order valence-electron chi connectivity index (χ3n) is 5.90. The Bertz CT molecular complexity index is 1180. The van der Waals surface area contributed by atoms with Crippen LogP contribution in [0, 0.1) is 5.92 Å². The number of fused-ring (bicyclic) bond motifs is 1. The van der Waals surface area contributed by atoms with E-state index in [-0.39, 0.29) is 24.2 Å². The third-order valence-corrected chi connectivity index (χ3v) is 5.90. The Morgan fingerprint density at radius 1 is 1.03 bits per heavy atom. The van der Waals surface area contributed by atoms with E-state index in [4.69, 9.17) is 0 Å². The molecule has 1 saturated heterocycles. The molecule has 1 fully saturated rings. The van der Waals surface area contributed by atoms with Gasteiger partial charge in [0.2, 0.25) is 0 Å². The normalized spacial score (nSPS) is 18.8. The van der Waals surface area contributed by atoms with Gasteiger partial charge in [0.05, 0.1) is 17.8 Å². The molecular weight excluding hydrogens is 390 g/mol. The molecule has 1 aromatic heterocycles. The first-order valence-electron chi connectivity index (χ1n) is 10.5. The van der Waals surface area contributed by atoms with Gasteiger partial charge in [0.1, 0.15) is 5.54 Å². The van der Waals surface area contributed by atoms with Crippen molar-refractivity contribution in [3.05, 3.63) is 60.2 Å². The van der Waals surface area contributed by atoms with Gasteiger partial charge >= 0.3 is 6.03 Å². The fourth-order valence-corrected chi connectivity index (χ4v) is 4.68. The van der Waals surface area contributed by atoms with Crippen LogP contribution in [0.25, 0.3) is 22.2 Å². The minimum absolute atomic E-state index is 0.229. The van der Waals surface area contributed by atoms with Gasteiger partial charge in [-0.1, -0.05) is 62.4 Å². The van der Waals surface area contributed by atoms with Crippen LogP contribution >= 0.6 is 0 Å². The highest BCUT2D eigenvalue weighted by atomic mass is 16.2. The highest BCUT2D eigenvalue weighted by molar-refractivity contribution is 6.17. The van der Waals surface area contributed by atoms with Gasteiger partial charge in [0.15, 0.2) is 5.78 Å². The van der Waals surface area contributed by atoms with Crippen LogP contribution in [-0.2, 0) is 11.8 Å². The number of nitrogens with one attached hydrogen (secondary N) is 1. The number of hydrogen-bond donors (Lipinski definition) is 1. The van der Waals surface area contributed by atoms with Gasteiger partial charge in [0, 0.05) is 18.0 Å². The van der Waals surface area contributed by atoms with Crippen LogP contribution in [0.15, 0.2) is 54.6 Å². The van der Waals surface area contributed by atoms with Crippen molar-refractivity contribution in [3.63, 3.8) is 0 Å². The van der Waals surface area contributed by atoms with E-state index in [0.717, 1.165) is 27.1 Å². The summed E-state index contributed by atoms with van der Waals surface area (Å²) in [4.78, 5) is 40.3. The summed E-state index contributed by atoms with van der Waals surface area (Å²) in [5.74, 6) is -0.373. The lowest BCUT2D eigenvalue weighted by Gasteiger charge is -2.23. The Morgan fingerprint density at radius 2 is 1.68 bits per heavy atom. The second-order valence-electron chi connectivity index (χ2n) is 8.84. The number of carbonyl (C=O) groups excluding carboxylic acids is 3. The minimum atomic E-state index is -0.980. The molecule has 31 heavy (non-hydrogen) atoms. The molecule has 2 heterocycles. The monoisotopic (exact) mass is 417 g/mol. The lowest BCUT2D eigenvalue weighted by molar-refractivity contribution is -0.131. The number of rotatable bonds is 6. The van der Waals surface area contributed by atoms with Crippen molar-refractivity contribution in [2.75, 3.05) is 6.54 Å². The summed E-state index contributed by atoms with van der Waals surface area (Å²) >= 11 is 0. The van der Waals surface area contributed by atoms with Gasteiger partial charge in [-0.2, -0.15) is 0 Å². The molecule has 1 aliphatic rings. The fourth-order valence-electron chi connectivity index (χ4n) is 4.68. The summed E-state index contributed by atoms with van der Waals surface area (Å²) in [7, 11) is 1.93. The summed E-state index contributed by atoms with van der Waals surface area (Å²) in [6, 6.07) is 16.9. The maximum Gasteiger partial charge on any atom is 0.325 e. The van der Waals surface area contributed by atoms with E-state index in [2.05, 4.69) is 5.32 Å². The van der Waals surface area contributed by atoms with E-state index in [1.54, 1.807) is 6.92 Å². The molecule has 1 aliphatic heterocycles. The first-order chi connectivity index (χ1) is 14.7. The molecule has 0 saturated carbocycles. The van der Waals surface area contributed by atoms with Crippen molar-refractivity contribution < 1.29 is 14.4 Å². The highest BCUT2D eigenvalue weighted by Crippen LogP contribution is 2.34. The first kappa shape index (κ1) is 20.8. The number of hydrogen-bond acceptors (Lipinski definition) is 3. The highest BCUT2D eigenvalue weighted by Gasteiger charge is 2.48. The van der Waals surface area contributed by atoms with E-state index in [0.29, 0.717) is 12.0 Å². The second-order valence-corrected chi connectivity index (χ2v) is 8.84. The number of Topliss-reactive ketones (excluding diaryl/α,β-unsaturated/α-hetero) is 1. The van der Waals surface area contributed by atoms with E-state index in [9.17, 15) is 14.4 Å². The summed E-state index contributed by atoms with van der Waals surface area (Å²) < 4.78 is 1.99. The topological polar surface area (TPSA) is 71.4 Å². The fraction of sp³-hybridized carbons (Fsp3) is 0.320. The van der Waals surface area contributed by atoms with Crippen LogP contribution < -0.4 is 5.32 Å². The third kappa shape index (κ3) is 3.52. The number of benzene rings is 2. The van der Waals surface area contributed by atoms with Crippen molar-refractivity contribution in [2.45, 2.75) is 32.7 Å². The minimum Gasteiger partial charge on any atom is -0.343 e. The molecule has 6 heteroatoms. The number of amides is 3. The predicted octanol–water partition coefficient (Wildman–Crippen LogP) is 4.38. The van der Waals surface area contributed by atoms with Gasteiger partial charge in [-0.25, -0.2) is 4.79 Å². The first-order valence-corrected chi connectivity index (χ1v) is 10.5. The molecule has 0 spiro atoms. The number of carbonyl (C=O) groups is 3. The maximum atomic E-state index is 13.6. The van der Waals surface area contributed by atoms with Gasteiger partial charge in [-0.3, -0.25) is 14.5 Å². The molecule has 1 unspecified atom stereocenters. The van der Waals surface area contributed by atoms with Crippen LogP contribution in [0.1, 0.15) is 37.6 Å². The number of urea groups is 1. The van der Waals surface area contributed by atoms with Crippen LogP contribution in [0.3, 0.4) is 0 Å². The zero-order valence-electron chi connectivity index (χ0n) is 18.3. The van der Waals surface area contributed by atoms with Crippen LogP contribution in [0.5, 0.6) is 0 Å². The van der Waals surface area contributed by atoms with Gasteiger partial charge in [0.25, 0.3) is 5.91 Å². The van der Waals surface area contributed by atoms with E-state index in [1.807, 2.05) is 80.1 Å². The number of imide groups is 1. The summed E-state index contributed by atoms with van der Waals surface area (Å²) in [6.45, 7) is 5.44. The Balaban J connectivity index is 1.75. The molecule has 0 bridgehead atoms. The Hall–Kier alpha value is -3.41. The van der Waals surface area contributed by atoms with Crippen LogP contribution in [0.2, 0.25) is 0 Å². The van der Waals surface area contributed by atoms with Crippen molar-refractivity contribution in [1.82, 2.24) is 14.8 Å². The molecular formula is C25H27N3O3. The largest absolute Gasteiger partial charge is 0.343 e. The zero-order chi connectivity index (χ0) is 22.3. The van der Waals surface area contributed by atoms with Crippen LogP contribution in [0.4, 0.5) is 4.79 Å². The summed E-state index contributed by atoms with van der Waals surface area (Å²) in [6.07, 6.45) is 0.520. The molecule has 160 valence electrons. The van der Waals surface area contributed by atoms with E-state index in [1.165, 1.54) is 0 Å². The molecule has 4 rings (SSSR count). The molecule has 0 aliphatic carbocycles. The number of aryl methyl sites for hydroxylation is 1. The number of ketones is 1. The SMILES string of the molecule is CC(C)CC1(C)NC(=O)N(CC(=O)c2c(-c3ccccc3)n(C)c3ccccc23)C1=O. The smallest absolute Gasteiger partial charge is 0.325 e. The van der Waals surface area contributed by atoms with Crippen LogP contribution in [-0.4, -0.2) is 39.3 Å². The lowest BCUT2D eigenvalue weighted by Crippen LogP contribution is -2.45. The average Bonchev–Trinajstić information content (AvgIpc) is 3.14. The number of para-hydroxylation sites is 1. The van der Waals surface area contributed by atoms with Crippen molar-refractivity contribution in [3.8, 4) is 11.3 Å². The molecule has 1 N–H and O–H groups in total. The Labute approximate surface area is 181 Å². The van der Waals surface area contributed by atoms with Crippen molar-refractivity contribution in [1.29, 1.82) is 0 Å². The zero-order valence-corrected chi connectivity index (χ0v) is 18.3. The van der Waals surface area contributed by atoms with Gasteiger partial charge < -0.3 is 9.88 Å². The Morgan fingerprint density at radius 3 is 2.35 bits per heavy atom. The number of nitrogens with zero attached hydrogens (tertiary/aromatic N) is 2. The second kappa shape index (κ2) is 7.69. The summed E-state index contributed by atoms with van der Waals surface area (Å²) in [5.41, 5.74) is 2.16.